The molecule has 2 N–H and O–H groups in total. The van der Waals surface area contributed by atoms with Gasteiger partial charge in [-0.05, 0) is 73.6 Å². The van der Waals surface area contributed by atoms with E-state index in [1.807, 2.05) is 0 Å². The van der Waals surface area contributed by atoms with Crippen molar-refractivity contribution in [2.45, 2.75) is 44.8 Å². The van der Waals surface area contributed by atoms with E-state index in [-0.39, 0.29) is 34.2 Å². The molecule has 1 amide bonds. The summed E-state index contributed by atoms with van der Waals surface area (Å²) < 4.78 is 54.0. The van der Waals surface area contributed by atoms with Gasteiger partial charge in [0.25, 0.3) is 11.5 Å². The Bertz CT molecular complexity index is 1530. The lowest BCUT2D eigenvalue weighted by Crippen LogP contribution is -2.27. The number of carbonyl (C=O) groups excluding carboxylic acids is 1. The van der Waals surface area contributed by atoms with Crippen LogP contribution in [0.3, 0.4) is 0 Å². The molecule has 0 unspecified atom stereocenters. The van der Waals surface area contributed by atoms with Crippen LogP contribution in [0.4, 0.5) is 17.6 Å². The molecule has 5 rings (SSSR count). The molecule has 4 aromatic rings. The fraction of sp³-hybridized carbons (Fsp3) is 0.269. The molecular weight excluding hydrogens is 476 g/mol. The van der Waals surface area contributed by atoms with Gasteiger partial charge in [0.05, 0.1) is 23.5 Å². The molecule has 0 spiro atoms. The molecule has 2 aromatic carbocycles. The molecule has 36 heavy (non-hydrogen) atoms. The number of hydrogen-bond donors (Lipinski definition) is 2. The van der Waals surface area contributed by atoms with Crippen LogP contribution < -0.4 is 10.9 Å². The Kier molecular flexibility index (Phi) is 5.69. The largest absolute Gasteiger partial charge is 0.416 e. The summed E-state index contributed by atoms with van der Waals surface area (Å²) in [6.07, 6.45) is -1.35. The molecule has 1 aliphatic carbocycles. The van der Waals surface area contributed by atoms with Crippen LogP contribution in [0.5, 0.6) is 0 Å². The lowest BCUT2D eigenvalue weighted by Gasteiger charge is -2.14. The quantitative estimate of drug-likeness (QED) is 0.356. The molecule has 1 aliphatic rings. The van der Waals surface area contributed by atoms with E-state index in [1.54, 1.807) is 19.1 Å². The van der Waals surface area contributed by atoms with Crippen molar-refractivity contribution in [1.29, 1.82) is 0 Å². The molecule has 6 nitrogen and oxygen atoms in total. The smallest absolute Gasteiger partial charge is 0.344 e. The number of alkyl halides is 3. The van der Waals surface area contributed by atoms with Crippen LogP contribution in [0, 0.1) is 12.7 Å². The number of rotatable bonds is 5. The Morgan fingerprint density at radius 2 is 1.86 bits per heavy atom. The van der Waals surface area contributed by atoms with Crippen molar-refractivity contribution in [2.75, 3.05) is 0 Å². The summed E-state index contributed by atoms with van der Waals surface area (Å²) in [6.45, 7) is 3.11. The maximum absolute atomic E-state index is 13.2. The fourth-order valence-corrected chi connectivity index (χ4v) is 4.43. The summed E-state index contributed by atoms with van der Waals surface area (Å²) in [5, 5.41) is 7.26. The standard InChI is InChI=1S/C26H22F4N4O2/c1-13-11-17(7-10-19(13)26(28,29)30)20-12-34-23(25(36)32-20)21(16-3-4-16)22(33-34)24(35)31-14(2)15-5-8-18(27)9-6-15/h5-12,14,16H,3-4H2,1-2H3,(H,31,35)(H,32,36)/t14-/m1/s1. The first kappa shape index (κ1) is 23.8. The Morgan fingerprint density at radius 3 is 2.47 bits per heavy atom. The summed E-state index contributed by atoms with van der Waals surface area (Å²) in [5.41, 5.74) is 1.08. The second-order valence-corrected chi connectivity index (χ2v) is 9.10. The lowest BCUT2D eigenvalue weighted by atomic mass is 10.0. The summed E-state index contributed by atoms with van der Waals surface area (Å²) in [6, 6.07) is 8.95. The summed E-state index contributed by atoms with van der Waals surface area (Å²) in [4.78, 5) is 29.0. The number of nitrogens with zero attached hydrogens (tertiary/aromatic N) is 2. The number of aromatic amines is 1. The van der Waals surface area contributed by atoms with Gasteiger partial charge < -0.3 is 10.3 Å². The number of aryl methyl sites for hydroxylation is 1. The lowest BCUT2D eigenvalue weighted by molar-refractivity contribution is -0.138. The Hall–Kier alpha value is -3.95. The predicted molar refractivity (Wildman–Crippen MR) is 125 cm³/mol. The van der Waals surface area contributed by atoms with E-state index in [4.69, 9.17) is 0 Å². The van der Waals surface area contributed by atoms with Crippen LogP contribution in [0.25, 0.3) is 16.8 Å². The zero-order valence-corrected chi connectivity index (χ0v) is 19.4. The van der Waals surface area contributed by atoms with Gasteiger partial charge in [0, 0.05) is 5.56 Å². The van der Waals surface area contributed by atoms with E-state index in [0.29, 0.717) is 16.7 Å². The van der Waals surface area contributed by atoms with Gasteiger partial charge in [-0.15, -0.1) is 0 Å². The maximum Gasteiger partial charge on any atom is 0.416 e. The van der Waals surface area contributed by atoms with Crippen LogP contribution in [-0.4, -0.2) is 20.5 Å². The first-order valence-electron chi connectivity index (χ1n) is 11.4. The highest BCUT2D eigenvalue weighted by atomic mass is 19.4. The molecule has 10 heteroatoms. The highest BCUT2D eigenvalue weighted by molar-refractivity contribution is 5.96. The molecule has 0 saturated heterocycles. The van der Waals surface area contributed by atoms with Gasteiger partial charge in [0.15, 0.2) is 5.69 Å². The predicted octanol–water partition coefficient (Wildman–Crippen LogP) is 5.52. The molecule has 1 fully saturated rings. The third-order valence-electron chi connectivity index (χ3n) is 6.42. The van der Waals surface area contributed by atoms with Crippen molar-refractivity contribution < 1.29 is 22.4 Å². The average molecular weight is 498 g/mol. The zero-order valence-electron chi connectivity index (χ0n) is 19.4. The van der Waals surface area contributed by atoms with E-state index in [9.17, 15) is 27.2 Å². The zero-order chi connectivity index (χ0) is 25.8. The number of carbonyl (C=O) groups is 1. The normalized spacial score (nSPS) is 14.7. The highest BCUT2D eigenvalue weighted by Gasteiger charge is 2.35. The monoisotopic (exact) mass is 498 g/mol. The minimum Gasteiger partial charge on any atom is -0.344 e. The van der Waals surface area contributed by atoms with E-state index >= 15 is 0 Å². The number of halogens is 4. The minimum atomic E-state index is -4.48. The van der Waals surface area contributed by atoms with Crippen molar-refractivity contribution in [3.05, 3.63) is 92.8 Å². The van der Waals surface area contributed by atoms with Crippen LogP contribution in [-0.2, 0) is 6.18 Å². The van der Waals surface area contributed by atoms with E-state index in [1.165, 1.54) is 41.9 Å². The number of H-pyrrole nitrogens is 1. The second kappa shape index (κ2) is 8.61. The molecule has 186 valence electrons. The van der Waals surface area contributed by atoms with Gasteiger partial charge in [-0.25, -0.2) is 8.91 Å². The average Bonchev–Trinajstić information content (AvgIpc) is 3.57. The van der Waals surface area contributed by atoms with Gasteiger partial charge >= 0.3 is 6.18 Å². The number of hydrogen-bond acceptors (Lipinski definition) is 3. The van der Waals surface area contributed by atoms with Crippen LogP contribution in [0.15, 0.2) is 53.5 Å². The highest BCUT2D eigenvalue weighted by Crippen LogP contribution is 2.43. The molecular formula is C26H22F4N4O2. The molecule has 1 saturated carbocycles. The maximum atomic E-state index is 13.2. The van der Waals surface area contributed by atoms with Crippen molar-refractivity contribution in [3.8, 4) is 11.3 Å². The van der Waals surface area contributed by atoms with Gasteiger partial charge in [0.1, 0.15) is 11.3 Å². The van der Waals surface area contributed by atoms with Crippen LogP contribution in [0.2, 0.25) is 0 Å². The Labute approximate surface area is 203 Å². The van der Waals surface area contributed by atoms with Crippen molar-refractivity contribution in [3.63, 3.8) is 0 Å². The number of nitrogens with one attached hydrogen (secondary N) is 2. The molecule has 2 aromatic heterocycles. The fourth-order valence-electron chi connectivity index (χ4n) is 4.43. The van der Waals surface area contributed by atoms with Gasteiger partial charge in [-0.1, -0.05) is 18.2 Å². The van der Waals surface area contributed by atoms with E-state index in [0.717, 1.165) is 18.9 Å². The van der Waals surface area contributed by atoms with Gasteiger partial charge in [0.2, 0.25) is 0 Å². The SMILES string of the molecule is Cc1cc(-c2cn3nc(C(=O)N[C@H](C)c4ccc(F)cc4)c(C4CC4)c3c(=O)[nH]2)ccc1C(F)(F)F. The summed E-state index contributed by atoms with van der Waals surface area (Å²) >= 11 is 0. The van der Waals surface area contributed by atoms with Crippen molar-refractivity contribution in [1.82, 2.24) is 19.9 Å². The third-order valence-corrected chi connectivity index (χ3v) is 6.42. The minimum absolute atomic E-state index is 0.0182. The van der Waals surface area contributed by atoms with Gasteiger partial charge in [-0.3, -0.25) is 9.59 Å². The van der Waals surface area contributed by atoms with E-state index in [2.05, 4.69) is 15.4 Å². The van der Waals surface area contributed by atoms with Crippen LogP contribution >= 0.6 is 0 Å². The first-order valence-corrected chi connectivity index (χ1v) is 11.4. The number of fused-ring (bicyclic) bond motifs is 1. The topological polar surface area (TPSA) is 79.3 Å². The Morgan fingerprint density at radius 1 is 1.17 bits per heavy atom. The van der Waals surface area contributed by atoms with Crippen molar-refractivity contribution in [2.24, 2.45) is 0 Å². The van der Waals surface area contributed by atoms with Crippen LogP contribution in [0.1, 0.15) is 64.5 Å². The number of benzene rings is 2. The van der Waals surface area contributed by atoms with E-state index < -0.39 is 29.2 Å². The Balaban J connectivity index is 1.53. The summed E-state index contributed by atoms with van der Waals surface area (Å²) in [7, 11) is 0. The molecule has 0 radical (unpaired) electrons. The second-order valence-electron chi connectivity index (χ2n) is 9.10. The molecule has 0 bridgehead atoms. The number of aromatic nitrogens is 3. The van der Waals surface area contributed by atoms with Gasteiger partial charge in [-0.2, -0.15) is 18.3 Å². The molecule has 2 heterocycles. The summed E-state index contributed by atoms with van der Waals surface area (Å²) in [5.74, 6) is -0.833. The molecule has 0 aliphatic heterocycles. The van der Waals surface area contributed by atoms with Crippen molar-refractivity contribution >= 4 is 11.4 Å². The molecule has 1 atom stereocenters. The first-order chi connectivity index (χ1) is 17.0. The number of amides is 1. The third kappa shape index (κ3) is 4.38.